The van der Waals surface area contributed by atoms with Gasteiger partial charge in [0.05, 0.1) is 47.5 Å². The summed E-state index contributed by atoms with van der Waals surface area (Å²) in [5.41, 5.74) is 2.63. The average Bonchev–Trinajstić information content (AvgIpc) is 2.87. The van der Waals surface area contributed by atoms with Crippen molar-refractivity contribution in [3.8, 4) is 11.4 Å². The molecule has 39 heavy (non-hydrogen) atoms. The molecule has 1 amide bonds. The summed E-state index contributed by atoms with van der Waals surface area (Å²) in [4.78, 5) is 29.0. The molecule has 0 spiro atoms. The van der Waals surface area contributed by atoms with Crippen LogP contribution in [0.25, 0.3) is 22.3 Å². The van der Waals surface area contributed by atoms with Crippen LogP contribution >= 0.6 is 0 Å². The minimum absolute atomic E-state index is 0.0324. The molecule has 12 heteroatoms. The van der Waals surface area contributed by atoms with E-state index in [1.807, 2.05) is 30.3 Å². The molecule has 3 aromatic heterocycles. The van der Waals surface area contributed by atoms with Gasteiger partial charge < -0.3 is 15.0 Å². The zero-order valence-electron chi connectivity index (χ0n) is 22.2. The standard InChI is InChI=1S/C27H33FN6O4S/c1-17-13-33(14-18(2)38-17)26-6-4-5-23(32-26)24-8-7-19-12-29-21(10-25(19)31-24)11-27(35)30-22-9-20(28)15-34(16-22)39(3,36)37/h4-8,10,12,17-18,20,22H,9,11,13-16H2,1-3H3,(H,30,35)/t17-,18+,20-,22+/m0/s1. The van der Waals surface area contributed by atoms with Crippen molar-refractivity contribution < 1.29 is 22.3 Å². The van der Waals surface area contributed by atoms with Crippen molar-refractivity contribution in [1.82, 2.24) is 24.6 Å². The summed E-state index contributed by atoms with van der Waals surface area (Å²) in [6.07, 6.45) is 1.66. The Morgan fingerprint density at radius 3 is 2.56 bits per heavy atom. The van der Waals surface area contributed by atoms with Gasteiger partial charge in [0.2, 0.25) is 15.9 Å². The summed E-state index contributed by atoms with van der Waals surface area (Å²) in [7, 11) is -3.54. The minimum Gasteiger partial charge on any atom is -0.372 e. The third-order valence-corrected chi connectivity index (χ3v) is 8.15. The molecule has 2 aliphatic rings. The fourth-order valence-corrected chi connectivity index (χ4v) is 6.11. The Hall–Kier alpha value is -3.22. The first kappa shape index (κ1) is 27.4. The van der Waals surface area contributed by atoms with Gasteiger partial charge in [-0.1, -0.05) is 6.07 Å². The molecule has 2 aliphatic heterocycles. The monoisotopic (exact) mass is 556 g/mol. The first-order valence-corrected chi connectivity index (χ1v) is 14.9. The van der Waals surface area contributed by atoms with Crippen molar-refractivity contribution >= 4 is 32.7 Å². The number of nitrogens with one attached hydrogen (secondary N) is 1. The second-order valence-corrected chi connectivity index (χ2v) is 12.4. The lowest BCUT2D eigenvalue weighted by Crippen LogP contribution is -2.53. The summed E-state index contributed by atoms with van der Waals surface area (Å²) < 4.78 is 44.7. The number of halogens is 1. The van der Waals surface area contributed by atoms with Crippen LogP contribution in [0.5, 0.6) is 0 Å². The molecule has 4 atom stereocenters. The van der Waals surface area contributed by atoms with E-state index in [9.17, 15) is 17.6 Å². The maximum atomic E-state index is 14.1. The fraction of sp³-hybridized carbons (Fsp3) is 0.481. The first-order chi connectivity index (χ1) is 18.5. The Morgan fingerprint density at radius 2 is 1.82 bits per heavy atom. The molecule has 0 radical (unpaired) electrons. The zero-order chi connectivity index (χ0) is 27.7. The van der Waals surface area contributed by atoms with E-state index in [0.717, 1.165) is 40.5 Å². The number of anilines is 1. The third-order valence-electron chi connectivity index (χ3n) is 6.91. The summed E-state index contributed by atoms with van der Waals surface area (Å²) in [5.74, 6) is 0.519. The molecule has 5 heterocycles. The number of morpholine rings is 1. The van der Waals surface area contributed by atoms with Gasteiger partial charge in [-0.05, 0) is 44.2 Å². The van der Waals surface area contributed by atoms with Gasteiger partial charge in [0.25, 0.3) is 0 Å². The lowest BCUT2D eigenvalue weighted by molar-refractivity contribution is -0.121. The summed E-state index contributed by atoms with van der Waals surface area (Å²) in [6.45, 7) is 5.51. The number of ether oxygens (including phenoxy) is 1. The summed E-state index contributed by atoms with van der Waals surface area (Å²) in [5, 5.41) is 3.58. The Balaban J connectivity index is 1.30. The Kier molecular flexibility index (Phi) is 7.79. The summed E-state index contributed by atoms with van der Waals surface area (Å²) in [6, 6.07) is 10.9. The molecule has 1 N–H and O–H groups in total. The number of hydrogen-bond acceptors (Lipinski definition) is 8. The highest BCUT2D eigenvalue weighted by Crippen LogP contribution is 2.24. The van der Waals surface area contributed by atoms with Gasteiger partial charge in [0.15, 0.2) is 0 Å². The molecule has 2 fully saturated rings. The number of sulfonamides is 1. The largest absolute Gasteiger partial charge is 0.372 e. The SMILES string of the molecule is C[C@@H]1CN(c2cccc(-c3ccc4cnc(CC(=O)N[C@@H]5C[C@H](F)CN(S(C)(=O)=O)C5)cc4n3)n2)C[C@H](C)O1. The van der Waals surface area contributed by atoms with Crippen LogP contribution in [0.15, 0.2) is 42.6 Å². The van der Waals surface area contributed by atoms with Crippen LogP contribution in [0.2, 0.25) is 0 Å². The Labute approximate surface area is 227 Å². The van der Waals surface area contributed by atoms with Gasteiger partial charge >= 0.3 is 0 Å². The van der Waals surface area contributed by atoms with Crippen LogP contribution in [-0.4, -0.2) is 90.4 Å². The second-order valence-electron chi connectivity index (χ2n) is 10.5. The molecule has 2 saturated heterocycles. The van der Waals surface area contributed by atoms with Crippen LogP contribution in [0.1, 0.15) is 26.0 Å². The van der Waals surface area contributed by atoms with Crippen LogP contribution in [-0.2, 0) is 26.0 Å². The van der Waals surface area contributed by atoms with E-state index in [4.69, 9.17) is 14.7 Å². The predicted molar refractivity (Wildman–Crippen MR) is 147 cm³/mol. The second kappa shape index (κ2) is 11.1. The topological polar surface area (TPSA) is 118 Å². The highest BCUT2D eigenvalue weighted by Gasteiger charge is 2.32. The van der Waals surface area contributed by atoms with Crippen LogP contribution in [0.3, 0.4) is 0 Å². The number of nitrogens with zero attached hydrogens (tertiary/aromatic N) is 5. The fourth-order valence-electron chi connectivity index (χ4n) is 5.22. The molecule has 0 bridgehead atoms. The predicted octanol–water partition coefficient (Wildman–Crippen LogP) is 2.34. The smallest absolute Gasteiger partial charge is 0.226 e. The number of piperidine rings is 1. The molecular formula is C27H33FN6O4S. The van der Waals surface area contributed by atoms with Crippen molar-refractivity contribution in [2.75, 3.05) is 37.3 Å². The Bertz CT molecular complexity index is 1460. The molecule has 3 aromatic rings. The van der Waals surface area contributed by atoms with Gasteiger partial charge in [-0.25, -0.2) is 22.8 Å². The molecule has 0 aliphatic carbocycles. The van der Waals surface area contributed by atoms with Gasteiger partial charge in [-0.15, -0.1) is 0 Å². The van der Waals surface area contributed by atoms with Crippen LogP contribution < -0.4 is 10.2 Å². The number of hydrogen-bond donors (Lipinski definition) is 1. The number of carbonyl (C=O) groups excluding carboxylic acids is 1. The van der Waals surface area contributed by atoms with Gasteiger partial charge in [0, 0.05) is 50.2 Å². The molecule has 0 unspecified atom stereocenters. The highest BCUT2D eigenvalue weighted by atomic mass is 32.2. The van der Waals surface area contributed by atoms with Crippen molar-refractivity contribution in [3.05, 3.63) is 48.3 Å². The highest BCUT2D eigenvalue weighted by molar-refractivity contribution is 7.88. The number of carbonyl (C=O) groups is 1. The van der Waals surface area contributed by atoms with E-state index in [1.54, 1.807) is 12.3 Å². The molecule has 0 saturated carbocycles. The number of rotatable bonds is 6. The maximum absolute atomic E-state index is 14.1. The van der Waals surface area contributed by atoms with E-state index in [0.29, 0.717) is 16.9 Å². The molecule has 5 rings (SSSR count). The number of amides is 1. The van der Waals surface area contributed by atoms with Gasteiger partial charge in [0.1, 0.15) is 12.0 Å². The summed E-state index contributed by atoms with van der Waals surface area (Å²) >= 11 is 0. The molecular weight excluding hydrogens is 523 g/mol. The van der Waals surface area contributed by atoms with Crippen molar-refractivity contribution in [2.45, 2.75) is 51.1 Å². The molecule has 0 aromatic carbocycles. The number of pyridine rings is 3. The quantitative estimate of drug-likeness (QED) is 0.492. The molecule has 10 nitrogen and oxygen atoms in total. The lowest BCUT2D eigenvalue weighted by Gasteiger charge is -2.36. The van der Waals surface area contributed by atoms with Crippen molar-refractivity contribution in [3.63, 3.8) is 0 Å². The number of alkyl halides is 1. The van der Waals surface area contributed by atoms with E-state index in [2.05, 4.69) is 29.0 Å². The lowest BCUT2D eigenvalue weighted by atomic mass is 10.1. The normalized spacial score (nSPS) is 24.6. The van der Waals surface area contributed by atoms with Crippen LogP contribution in [0, 0.1) is 0 Å². The van der Waals surface area contributed by atoms with Gasteiger partial charge in [-0.2, -0.15) is 4.31 Å². The molecule has 208 valence electrons. The Morgan fingerprint density at radius 1 is 1.08 bits per heavy atom. The van der Waals surface area contributed by atoms with Crippen molar-refractivity contribution in [2.24, 2.45) is 0 Å². The number of fused-ring (bicyclic) bond motifs is 1. The van der Waals surface area contributed by atoms with Crippen molar-refractivity contribution in [1.29, 1.82) is 0 Å². The van der Waals surface area contributed by atoms with Gasteiger partial charge in [-0.3, -0.25) is 9.78 Å². The maximum Gasteiger partial charge on any atom is 0.226 e. The van der Waals surface area contributed by atoms with Crippen LogP contribution in [0.4, 0.5) is 10.2 Å². The van der Waals surface area contributed by atoms with E-state index in [1.165, 1.54) is 0 Å². The third kappa shape index (κ3) is 6.68. The number of aromatic nitrogens is 3. The van der Waals surface area contributed by atoms with E-state index < -0.39 is 22.2 Å². The average molecular weight is 557 g/mol. The minimum atomic E-state index is -3.54. The van der Waals surface area contributed by atoms with E-state index >= 15 is 0 Å². The first-order valence-electron chi connectivity index (χ1n) is 13.1. The zero-order valence-corrected chi connectivity index (χ0v) is 23.1. The van der Waals surface area contributed by atoms with E-state index in [-0.39, 0.29) is 44.0 Å².